The molecule has 1 heterocycles. The van der Waals surface area contributed by atoms with Crippen molar-refractivity contribution in [2.45, 2.75) is 13.1 Å². The van der Waals surface area contributed by atoms with Crippen LogP contribution in [0.25, 0.3) is 0 Å². The number of carbonyl (C=O) groups excluding carboxylic acids is 2. The van der Waals surface area contributed by atoms with E-state index in [9.17, 15) is 22.8 Å². The number of nitrogens with one attached hydrogen (secondary N) is 2. The number of halogens is 3. The van der Waals surface area contributed by atoms with E-state index in [1.165, 1.54) is 24.3 Å². The van der Waals surface area contributed by atoms with Gasteiger partial charge in [0.2, 0.25) is 6.79 Å². The van der Waals surface area contributed by atoms with Gasteiger partial charge in [-0.3, -0.25) is 9.59 Å². The van der Waals surface area contributed by atoms with E-state index in [1.807, 2.05) is 0 Å². The third-order valence-corrected chi connectivity index (χ3v) is 3.83. The first-order chi connectivity index (χ1) is 12.7. The summed E-state index contributed by atoms with van der Waals surface area (Å²) in [5.41, 5.74) is 1.28. The van der Waals surface area contributed by atoms with Crippen molar-refractivity contribution in [3.63, 3.8) is 0 Å². The minimum atomic E-state index is -4.50. The number of ether oxygens (including phenoxy) is 2. The van der Waals surface area contributed by atoms with Crippen molar-refractivity contribution >= 4 is 17.5 Å². The van der Waals surface area contributed by atoms with Crippen molar-refractivity contribution in [2.75, 3.05) is 18.7 Å². The van der Waals surface area contributed by atoms with E-state index in [0.717, 1.165) is 0 Å². The second-order valence-corrected chi connectivity index (χ2v) is 5.85. The lowest BCUT2D eigenvalue weighted by Gasteiger charge is -2.12. The summed E-state index contributed by atoms with van der Waals surface area (Å²) in [7, 11) is 0. The highest BCUT2D eigenvalue weighted by molar-refractivity contribution is 6.06. The van der Waals surface area contributed by atoms with Crippen molar-refractivity contribution in [1.82, 2.24) is 5.32 Å². The lowest BCUT2D eigenvalue weighted by molar-refractivity contribution is -0.123. The van der Waals surface area contributed by atoms with E-state index in [-0.39, 0.29) is 12.4 Å². The highest BCUT2D eigenvalue weighted by Crippen LogP contribution is 2.32. The van der Waals surface area contributed by atoms with E-state index in [4.69, 9.17) is 9.47 Å². The lowest BCUT2D eigenvalue weighted by Crippen LogP contribution is -2.33. The van der Waals surface area contributed by atoms with Crippen LogP contribution in [-0.4, -0.2) is 31.3 Å². The quantitative estimate of drug-likeness (QED) is 0.854. The summed E-state index contributed by atoms with van der Waals surface area (Å²) in [4.78, 5) is 24.3. The van der Waals surface area contributed by atoms with Crippen LogP contribution in [0.1, 0.15) is 26.3 Å². The molecule has 0 aliphatic carbocycles. The summed E-state index contributed by atoms with van der Waals surface area (Å²) < 4.78 is 47.1. The summed E-state index contributed by atoms with van der Waals surface area (Å²) in [5.74, 6) is -0.360. The summed E-state index contributed by atoms with van der Waals surface area (Å²) in [6.07, 6.45) is -4.50. The molecule has 2 amide bonds. The maximum absolute atomic E-state index is 12.4. The molecule has 2 N–H and O–H groups in total. The molecule has 1 aliphatic heterocycles. The second kappa shape index (κ2) is 7.18. The fourth-order valence-corrected chi connectivity index (χ4v) is 2.41. The van der Waals surface area contributed by atoms with Gasteiger partial charge in [0, 0.05) is 16.8 Å². The third kappa shape index (κ3) is 4.49. The van der Waals surface area contributed by atoms with Gasteiger partial charge in [-0.15, -0.1) is 0 Å². The molecule has 0 unspecified atom stereocenters. The average Bonchev–Trinajstić information content (AvgIpc) is 3.08. The zero-order chi connectivity index (χ0) is 19.6. The molecular formula is C18H15F3N2O4. The van der Waals surface area contributed by atoms with Gasteiger partial charge in [-0.25, -0.2) is 0 Å². The molecule has 2 aromatic rings. The SMILES string of the molecule is Cc1ccc(C(=O)NCC(F)(F)F)cc1NC(=O)c1ccc2c(c1)OCO2. The zero-order valence-electron chi connectivity index (χ0n) is 14.1. The van der Waals surface area contributed by atoms with E-state index >= 15 is 0 Å². The number of fused-ring (bicyclic) bond motifs is 1. The molecule has 0 spiro atoms. The molecule has 1 aliphatic rings. The molecule has 142 valence electrons. The summed E-state index contributed by atoms with van der Waals surface area (Å²) in [6.45, 7) is 0.347. The van der Waals surface area contributed by atoms with E-state index in [0.29, 0.717) is 28.3 Å². The van der Waals surface area contributed by atoms with Crippen LogP contribution in [0.15, 0.2) is 36.4 Å². The Morgan fingerprint density at radius 1 is 1.00 bits per heavy atom. The van der Waals surface area contributed by atoms with Crippen LogP contribution < -0.4 is 20.1 Å². The number of carbonyl (C=O) groups is 2. The molecule has 6 nitrogen and oxygen atoms in total. The molecule has 9 heteroatoms. The van der Waals surface area contributed by atoms with Gasteiger partial charge in [0.1, 0.15) is 6.54 Å². The number of rotatable bonds is 4. The Labute approximate surface area is 152 Å². The molecule has 27 heavy (non-hydrogen) atoms. The van der Waals surface area contributed by atoms with Gasteiger partial charge in [-0.05, 0) is 42.8 Å². The smallest absolute Gasteiger partial charge is 0.405 e. The van der Waals surface area contributed by atoms with Crippen LogP contribution in [0.4, 0.5) is 18.9 Å². The van der Waals surface area contributed by atoms with Gasteiger partial charge in [-0.1, -0.05) is 6.07 Å². The first-order valence-corrected chi connectivity index (χ1v) is 7.89. The van der Waals surface area contributed by atoms with Crippen LogP contribution in [-0.2, 0) is 0 Å². The average molecular weight is 380 g/mol. The third-order valence-electron chi connectivity index (χ3n) is 3.83. The molecule has 0 saturated heterocycles. The Bertz CT molecular complexity index is 897. The Kier molecular flexibility index (Phi) is 4.93. The van der Waals surface area contributed by atoms with Crippen molar-refractivity contribution in [3.05, 3.63) is 53.1 Å². The van der Waals surface area contributed by atoms with Crippen LogP contribution >= 0.6 is 0 Å². The van der Waals surface area contributed by atoms with Crippen molar-refractivity contribution in [3.8, 4) is 11.5 Å². The van der Waals surface area contributed by atoms with E-state index in [1.54, 1.807) is 24.4 Å². The van der Waals surface area contributed by atoms with Crippen LogP contribution in [0, 0.1) is 6.92 Å². The molecule has 0 saturated carbocycles. The Morgan fingerprint density at radius 3 is 2.41 bits per heavy atom. The number of hydrogen-bond donors (Lipinski definition) is 2. The zero-order valence-corrected chi connectivity index (χ0v) is 14.1. The minimum absolute atomic E-state index is 0.00540. The van der Waals surface area contributed by atoms with Gasteiger partial charge in [-0.2, -0.15) is 13.2 Å². The van der Waals surface area contributed by atoms with Gasteiger partial charge in [0.25, 0.3) is 11.8 Å². The molecular weight excluding hydrogens is 365 g/mol. The fourth-order valence-electron chi connectivity index (χ4n) is 2.41. The predicted molar refractivity (Wildman–Crippen MR) is 90.1 cm³/mol. The first-order valence-electron chi connectivity index (χ1n) is 7.89. The standard InChI is InChI=1S/C18H15F3N2O4/c1-10-2-3-11(16(24)22-8-18(19,20)21)6-13(10)23-17(25)12-4-5-14-15(7-12)27-9-26-14/h2-7H,8-9H2,1H3,(H,22,24)(H,23,25). The molecule has 0 atom stereocenters. The van der Waals surface area contributed by atoms with Crippen molar-refractivity contribution in [1.29, 1.82) is 0 Å². The van der Waals surface area contributed by atoms with Crippen molar-refractivity contribution in [2.24, 2.45) is 0 Å². The Balaban J connectivity index is 1.74. The molecule has 0 bridgehead atoms. The molecule has 3 rings (SSSR count). The van der Waals surface area contributed by atoms with E-state index < -0.39 is 24.5 Å². The van der Waals surface area contributed by atoms with E-state index in [2.05, 4.69) is 5.32 Å². The topological polar surface area (TPSA) is 76.7 Å². The van der Waals surface area contributed by atoms with Gasteiger partial charge >= 0.3 is 6.18 Å². The van der Waals surface area contributed by atoms with Gasteiger partial charge < -0.3 is 20.1 Å². The number of benzene rings is 2. The summed E-state index contributed by atoms with van der Waals surface area (Å²) in [5, 5.41) is 4.44. The molecule has 2 aromatic carbocycles. The number of alkyl halides is 3. The number of hydrogen-bond acceptors (Lipinski definition) is 4. The van der Waals surface area contributed by atoms with Crippen LogP contribution in [0.3, 0.4) is 0 Å². The number of aryl methyl sites for hydroxylation is 1. The fraction of sp³-hybridized carbons (Fsp3) is 0.222. The number of amides is 2. The van der Waals surface area contributed by atoms with Crippen LogP contribution in [0.2, 0.25) is 0 Å². The van der Waals surface area contributed by atoms with Crippen LogP contribution in [0.5, 0.6) is 11.5 Å². The highest BCUT2D eigenvalue weighted by atomic mass is 19.4. The second-order valence-electron chi connectivity index (χ2n) is 5.85. The maximum atomic E-state index is 12.4. The predicted octanol–water partition coefficient (Wildman–Crippen LogP) is 3.27. The molecule has 0 fully saturated rings. The molecule has 0 aromatic heterocycles. The summed E-state index contributed by atoms with van der Waals surface area (Å²) >= 11 is 0. The largest absolute Gasteiger partial charge is 0.454 e. The Hall–Kier alpha value is -3.23. The summed E-state index contributed by atoms with van der Waals surface area (Å²) in [6, 6.07) is 8.93. The van der Waals surface area contributed by atoms with Crippen molar-refractivity contribution < 1.29 is 32.2 Å². The monoisotopic (exact) mass is 380 g/mol. The lowest BCUT2D eigenvalue weighted by atomic mass is 10.1. The highest BCUT2D eigenvalue weighted by Gasteiger charge is 2.28. The Morgan fingerprint density at radius 2 is 1.67 bits per heavy atom. The minimum Gasteiger partial charge on any atom is -0.454 e. The van der Waals surface area contributed by atoms with Gasteiger partial charge in [0.15, 0.2) is 11.5 Å². The number of anilines is 1. The van der Waals surface area contributed by atoms with Gasteiger partial charge in [0.05, 0.1) is 0 Å². The normalized spacial score (nSPS) is 12.6. The molecule has 0 radical (unpaired) electrons. The maximum Gasteiger partial charge on any atom is 0.405 e. The first kappa shape index (κ1) is 18.6.